The Kier molecular flexibility index (Phi) is 7.12. The van der Waals surface area contributed by atoms with Crippen LogP contribution in [0.25, 0.3) is 0 Å². The molecule has 0 aromatic heterocycles. The molecule has 0 radical (unpaired) electrons. The molecule has 0 saturated carbocycles. The highest BCUT2D eigenvalue weighted by molar-refractivity contribution is 7.89. The van der Waals surface area contributed by atoms with Crippen molar-refractivity contribution >= 4 is 27.3 Å². The van der Waals surface area contributed by atoms with Crippen LogP contribution in [0.1, 0.15) is 32.3 Å². The van der Waals surface area contributed by atoms with Crippen molar-refractivity contribution in [3.63, 3.8) is 0 Å². The molecular weight excluding hydrogens is 402 g/mol. The van der Waals surface area contributed by atoms with Crippen LogP contribution in [0.3, 0.4) is 0 Å². The molecule has 1 heterocycles. The maximum atomic E-state index is 12.8. The predicted molar refractivity (Wildman–Crippen MR) is 118 cm³/mol. The van der Waals surface area contributed by atoms with Gasteiger partial charge in [0.25, 0.3) is 0 Å². The second kappa shape index (κ2) is 9.59. The number of ether oxygens (including phenoxy) is 1. The van der Waals surface area contributed by atoms with Crippen molar-refractivity contribution in [3.05, 3.63) is 54.1 Å². The van der Waals surface area contributed by atoms with Crippen LogP contribution < -0.4 is 10.6 Å². The van der Waals surface area contributed by atoms with Crippen LogP contribution in [-0.4, -0.2) is 51.0 Å². The Balaban J connectivity index is 1.71. The topological polar surface area (TPSA) is 87.7 Å². The molecule has 2 aromatic carbocycles. The summed E-state index contributed by atoms with van der Waals surface area (Å²) in [7, 11) is -3.62. The van der Waals surface area contributed by atoms with Crippen LogP contribution in [0.5, 0.6) is 0 Å². The van der Waals surface area contributed by atoms with E-state index in [1.165, 1.54) is 10.4 Å². The SMILES string of the molecule is CC(Nc1ccccc1C(C)C)C(=O)Nc1cccc(S(=O)(=O)N2CCOCC2)c1. The first-order valence-corrected chi connectivity index (χ1v) is 11.6. The summed E-state index contributed by atoms with van der Waals surface area (Å²) in [5.74, 6) is 0.0838. The summed E-state index contributed by atoms with van der Waals surface area (Å²) in [4.78, 5) is 12.9. The van der Waals surface area contributed by atoms with Crippen molar-refractivity contribution in [1.82, 2.24) is 4.31 Å². The van der Waals surface area contributed by atoms with E-state index in [0.717, 1.165) is 11.3 Å². The van der Waals surface area contributed by atoms with Crippen LogP contribution in [0, 0.1) is 0 Å². The van der Waals surface area contributed by atoms with Crippen molar-refractivity contribution in [2.24, 2.45) is 0 Å². The molecule has 1 fully saturated rings. The second-order valence-electron chi connectivity index (χ2n) is 7.64. The van der Waals surface area contributed by atoms with E-state index in [0.29, 0.717) is 37.9 Å². The van der Waals surface area contributed by atoms with Gasteiger partial charge in [-0.3, -0.25) is 4.79 Å². The second-order valence-corrected chi connectivity index (χ2v) is 9.58. The summed E-state index contributed by atoms with van der Waals surface area (Å²) < 4.78 is 32.3. The number of para-hydroxylation sites is 1. The normalized spacial score (nSPS) is 16.3. The summed E-state index contributed by atoms with van der Waals surface area (Å²) in [5, 5.41) is 6.07. The number of nitrogens with one attached hydrogen (secondary N) is 2. The summed E-state index contributed by atoms with van der Waals surface area (Å²) >= 11 is 0. The monoisotopic (exact) mass is 431 g/mol. The highest BCUT2D eigenvalue weighted by atomic mass is 32.2. The van der Waals surface area contributed by atoms with Gasteiger partial charge in [-0.15, -0.1) is 0 Å². The molecule has 1 saturated heterocycles. The maximum Gasteiger partial charge on any atom is 0.246 e. The quantitative estimate of drug-likeness (QED) is 0.703. The first-order chi connectivity index (χ1) is 14.3. The average Bonchev–Trinajstić information content (AvgIpc) is 2.74. The number of hydrogen-bond acceptors (Lipinski definition) is 5. The molecule has 8 heteroatoms. The van der Waals surface area contributed by atoms with Crippen molar-refractivity contribution < 1.29 is 17.9 Å². The Hall–Kier alpha value is -2.42. The minimum Gasteiger partial charge on any atom is -0.379 e. The first-order valence-electron chi connectivity index (χ1n) is 10.1. The molecule has 2 aromatic rings. The number of sulfonamides is 1. The Labute approximate surface area is 178 Å². The van der Waals surface area contributed by atoms with Gasteiger partial charge >= 0.3 is 0 Å². The molecule has 7 nitrogen and oxygen atoms in total. The Morgan fingerprint density at radius 2 is 1.73 bits per heavy atom. The first kappa shape index (κ1) is 22.3. The van der Waals surface area contributed by atoms with Crippen molar-refractivity contribution in [2.75, 3.05) is 36.9 Å². The molecule has 0 aliphatic carbocycles. The van der Waals surface area contributed by atoms with Gasteiger partial charge in [0, 0.05) is 24.5 Å². The molecule has 1 aliphatic heterocycles. The number of morpholine rings is 1. The molecule has 1 unspecified atom stereocenters. The minimum atomic E-state index is -3.62. The van der Waals surface area contributed by atoms with Gasteiger partial charge in [-0.2, -0.15) is 4.31 Å². The zero-order valence-corrected chi connectivity index (χ0v) is 18.4. The molecule has 1 amide bonds. The molecular formula is C22H29N3O4S. The molecule has 162 valence electrons. The average molecular weight is 432 g/mol. The Morgan fingerprint density at radius 1 is 1.03 bits per heavy atom. The van der Waals surface area contributed by atoms with Crippen LogP contribution >= 0.6 is 0 Å². The van der Waals surface area contributed by atoms with Gasteiger partial charge in [-0.05, 0) is 42.7 Å². The molecule has 1 atom stereocenters. The van der Waals surface area contributed by atoms with Gasteiger partial charge < -0.3 is 15.4 Å². The lowest BCUT2D eigenvalue weighted by Crippen LogP contribution is -2.40. The van der Waals surface area contributed by atoms with Gasteiger partial charge in [0.1, 0.15) is 6.04 Å². The van der Waals surface area contributed by atoms with Crippen molar-refractivity contribution in [2.45, 2.75) is 37.6 Å². The lowest BCUT2D eigenvalue weighted by atomic mass is 10.0. The summed E-state index contributed by atoms with van der Waals surface area (Å²) in [6.07, 6.45) is 0. The highest BCUT2D eigenvalue weighted by Gasteiger charge is 2.26. The van der Waals surface area contributed by atoms with Gasteiger partial charge in [0.15, 0.2) is 0 Å². The number of rotatable bonds is 7. The number of carbonyl (C=O) groups is 1. The fourth-order valence-corrected chi connectivity index (χ4v) is 4.81. The zero-order chi connectivity index (χ0) is 21.7. The van der Waals surface area contributed by atoms with Gasteiger partial charge in [0.05, 0.1) is 18.1 Å². The van der Waals surface area contributed by atoms with Gasteiger partial charge in [0.2, 0.25) is 15.9 Å². The predicted octanol–water partition coefficient (Wildman–Crippen LogP) is 3.27. The Morgan fingerprint density at radius 3 is 2.43 bits per heavy atom. The van der Waals surface area contributed by atoms with E-state index in [9.17, 15) is 13.2 Å². The largest absolute Gasteiger partial charge is 0.379 e. The van der Waals surface area contributed by atoms with E-state index in [4.69, 9.17) is 4.74 Å². The minimum absolute atomic E-state index is 0.160. The van der Waals surface area contributed by atoms with Gasteiger partial charge in [-0.1, -0.05) is 38.1 Å². The smallest absolute Gasteiger partial charge is 0.246 e. The van der Waals surface area contributed by atoms with Crippen LogP contribution in [0.4, 0.5) is 11.4 Å². The fraction of sp³-hybridized carbons (Fsp3) is 0.409. The third-order valence-electron chi connectivity index (χ3n) is 5.06. The van der Waals surface area contributed by atoms with Crippen molar-refractivity contribution in [1.29, 1.82) is 0 Å². The number of carbonyl (C=O) groups excluding carboxylic acids is 1. The molecule has 2 N–H and O–H groups in total. The van der Waals surface area contributed by atoms with Crippen LogP contribution in [0.2, 0.25) is 0 Å². The van der Waals surface area contributed by atoms with E-state index in [1.807, 2.05) is 24.3 Å². The Bertz CT molecular complexity index is 985. The molecule has 0 spiro atoms. The summed E-state index contributed by atoms with van der Waals surface area (Å²) in [6, 6.07) is 13.8. The van der Waals surface area contributed by atoms with Crippen LogP contribution in [-0.2, 0) is 19.6 Å². The molecule has 30 heavy (non-hydrogen) atoms. The third kappa shape index (κ3) is 5.19. The van der Waals surface area contributed by atoms with Gasteiger partial charge in [-0.25, -0.2) is 8.42 Å². The standard InChI is InChI=1S/C22H29N3O4S/c1-16(2)20-9-4-5-10-21(20)23-17(3)22(26)24-18-7-6-8-19(15-18)30(27,28)25-11-13-29-14-12-25/h4-10,15-17,23H,11-14H2,1-3H3,(H,24,26). The number of anilines is 2. The highest BCUT2D eigenvalue weighted by Crippen LogP contribution is 2.25. The maximum absolute atomic E-state index is 12.8. The number of amides is 1. The lowest BCUT2D eigenvalue weighted by Gasteiger charge is -2.26. The number of benzene rings is 2. The molecule has 1 aliphatic rings. The van der Waals surface area contributed by atoms with Crippen molar-refractivity contribution in [3.8, 4) is 0 Å². The lowest BCUT2D eigenvalue weighted by molar-refractivity contribution is -0.116. The molecule has 3 rings (SSSR count). The van der Waals surface area contributed by atoms with Crippen LogP contribution in [0.15, 0.2) is 53.4 Å². The third-order valence-corrected chi connectivity index (χ3v) is 6.95. The van der Waals surface area contributed by atoms with E-state index < -0.39 is 16.1 Å². The zero-order valence-electron chi connectivity index (χ0n) is 17.6. The number of hydrogen-bond donors (Lipinski definition) is 2. The van der Waals surface area contributed by atoms with E-state index in [1.54, 1.807) is 25.1 Å². The fourth-order valence-electron chi connectivity index (χ4n) is 3.35. The molecule has 0 bridgehead atoms. The number of nitrogens with zero attached hydrogens (tertiary/aromatic N) is 1. The van der Waals surface area contributed by atoms with E-state index in [2.05, 4.69) is 24.5 Å². The summed E-state index contributed by atoms with van der Waals surface area (Å²) in [5.41, 5.74) is 2.50. The summed E-state index contributed by atoms with van der Waals surface area (Å²) in [6.45, 7) is 7.41. The van der Waals surface area contributed by atoms with E-state index in [-0.39, 0.29) is 10.8 Å². The van der Waals surface area contributed by atoms with E-state index >= 15 is 0 Å².